The van der Waals surface area contributed by atoms with Gasteiger partial charge in [-0.15, -0.1) is 0 Å². The molecule has 0 unspecified atom stereocenters. The number of hydrogen-bond donors (Lipinski definition) is 1. The maximum atomic E-state index is 10.7. The van der Waals surface area contributed by atoms with Gasteiger partial charge < -0.3 is 9.84 Å². The van der Waals surface area contributed by atoms with Crippen LogP contribution in [0.3, 0.4) is 0 Å². The topological polar surface area (TPSA) is 46.5 Å². The molecule has 3 nitrogen and oxygen atoms in total. The third-order valence-corrected chi connectivity index (χ3v) is 1.11. The standard InChI is InChI=1S/C7H14O3/c1-3-5-10-7(9)6(8)4-2/h6,8H,3-5H2,1-2H3/t6-/m1/s1. The summed E-state index contributed by atoms with van der Waals surface area (Å²) in [6, 6.07) is 0. The fraction of sp³-hybridized carbons (Fsp3) is 0.857. The number of ether oxygens (including phenoxy) is 1. The minimum absolute atomic E-state index is 0.399. The van der Waals surface area contributed by atoms with Crippen LogP contribution in [0.5, 0.6) is 0 Å². The van der Waals surface area contributed by atoms with Crippen LogP contribution in [0.25, 0.3) is 0 Å². The van der Waals surface area contributed by atoms with Gasteiger partial charge in [-0.25, -0.2) is 4.79 Å². The van der Waals surface area contributed by atoms with Crippen LogP contribution in [-0.2, 0) is 9.53 Å². The molecule has 0 aromatic carbocycles. The Balaban J connectivity index is 3.42. The van der Waals surface area contributed by atoms with Gasteiger partial charge >= 0.3 is 5.97 Å². The molecule has 0 radical (unpaired) electrons. The van der Waals surface area contributed by atoms with Crippen molar-refractivity contribution in [2.45, 2.75) is 32.8 Å². The van der Waals surface area contributed by atoms with Gasteiger partial charge in [-0.1, -0.05) is 13.8 Å². The highest BCUT2D eigenvalue weighted by atomic mass is 16.5. The SMILES string of the molecule is CCCOC(=O)[C@H](O)CC. The first kappa shape index (κ1) is 9.43. The van der Waals surface area contributed by atoms with Crippen molar-refractivity contribution < 1.29 is 14.6 Å². The van der Waals surface area contributed by atoms with Gasteiger partial charge in [0.25, 0.3) is 0 Å². The Hall–Kier alpha value is -0.570. The van der Waals surface area contributed by atoms with Crippen LogP contribution in [0.15, 0.2) is 0 Å². The number of hydrogen-bond acceptors (Lipinski definition) is 3. The summed E-state index contributed by atoms with van der Waals surface area (Å²) in [5.74, 6) is -0.510. The van der Waals surface area contributed by atoms with Gasteiger partial charge in [0.1, 0.15) is 0 Å². The van der Waals surface area contributed by atoms with E-state index in [1.807, 2.05) is 6.92 Å². The zero-order valence-corrected chi connectivity index (χ0v) is 6.46. The minimum Gasteiger partial charge on any atom is -0.464 e. The van der Waals surface area contributed by atoms with E-state index in [1.54, 1.807) is 6.92 Å². The maximum absolute atomic E-state index is 10.7. The summed E-state index contributed by atoms with van der Waals surface area (Å²) in [7, 11) is 0. The third kappa shape index (κ3) is 3.45. The average molecular weight is 146 g/mol. The van der Waals surface area contributed by atoms with E-state index in [0.29, 0.717) is 13.0 Å². The van der Waals surface area contributed by atoms with Crippen LogP contribution < -0.4 is 0 Å². The number of aliphatic hydroxyl groups is 1. The zero-order chi connectivity index (χ0) is 7.98. The molecule has 0 aliphatic heterocycles. The van der Waals surface area contributed by atoms with Crippen molar-refractivity contribution in [3.63, 3.8) is 0 Å². The van der Waals surface area contributed by atoms with Gasteiger partial charge in [0, 0.05) is 0 Å². The van der Waals surface area contributed by atoms with E-state index in [9.17, 15) is 4.79 Å². The molecular weight excluding hydrogens is 132 g/mol. The van der Waals surface area contributed by atoms with Crippen molar-refractivity contribution in [3.05, 3.63) is 0 Å². The molecule has 60 valence electrons. The van der Waals surface area contributed by atoms with Crippen molar-refractivity contribution in [2.24, 2.45) is 0 Å². The van der Waals surface area contributed by atoms with Gasteiger partial charge in [-0.2, -0.15) is 0 Å². The van der Waals surface area contributed by atoms with Crippen LogP contribution in [0.1, 0.15) is 26.7 Å². The molecule has 3 heteroatoms. The maximum Gasteiger partial charge on any atom is 0.334 e. The molecule has 0 saturated heterocycles. The molecule has 0 aliphatic rings. The number of rotatable bonds is 4. The second kappa shape index (κ2) is 5.23. The largest absolute Gasteiger partial charge is 0.464 e. The Morgan fingerprint density at radius 3 is 2.60 bits per heavy atom. The number of carbonyl (C=O) groups is 1. The van der Waals surface area contributed by atoms with E-state index >= 15 is 0 Å². The molecule has 0 bridgehead atoms. The quantitative estimate of drug-likeness (QED) is 0.594. The van der Waals surface area contributed by atoms with Crippen LogP contribution in [0, 0.1) is 0 Å². The van der Waals surface area contributed by atoms with Crippen molar-refractivity contribution in [1.82, 2.24) is 0 Å². The third-order valence-electron chi connectivity index (χ3n) is 1.11. The summed E-state index contributed by atoms with van der Waals surface area (Å²) in [6.07, 6.45) is 0.275. The Morgan fingerprint density at radius 2 is 2.20 bits per heavy atom. The fourth-order valence-electron chi connectivity index (χ4n) is 0.466. The first-order valence-electron chi connectivity index (χ1n) is 3.57. The molecule has 0 amide bonds. The first-order chi connectivity index (χ1) is 4.72. The van der Waals surface area contributed by atoms with Crippen molar-refractivity contribution in [2.75, 3.05) is 6.61 Å². The second-order valence-corrected chi connectivity index (χ2v) is 2.09. The van der Waals surface area contributed by atoms with Crippen molar-refractivity contribution in [3.8, 4) is 0 Å². The smallest absolute Gasteiger partial charge is 0.334 e. The highest BCUT2D eigenvalue weighted by Crippen LogP contribution is 1.93. The van der Waals surface area contributed by atoms with E-state index in [-0.39, 0.29) is 0 Å². The van der Waals surface area contributed by atoms with Gasteiger partial charge in [-0.3, -0.25) is 0 Å². The minimum atomic E-state index is -0.938. The van der Waals surface area contributed by atoms with Crippen LogP contribution in [0.2, 0.25) is 0 Å². The van der Waals surface area contributed by atoms with Crippen LogP contribution in [0.4, 0.5) is 0 Å². The summed E-state index contributed by atoms with van der Waals surface area (Å²) in [5, 5.41) is 8.88. The Morgan fingerprint density at radius 1 is 1.60 bits per heavy atom. The highest BCUT2D eigenvalue weighted by Gasteiger charge is 2.12. The molecule has 0 aliphatic carbocycles. The van der Waals surface area contributed by atoms with E-state index in [4.69, 9.17) is 5.11 Å². The molecule has 0 heterocycles. The zero-order valence-electron chi connectivity index (χ0n) is 6.46. The molecule has 0 aromatic rings. The molecule has 10 heavy (non-hydrogen) atoms. The molecule has 0 saturated carbocycles. The van der Waals surface area contributed by atoms with Gasteiger partial charge in [0.15, 0.2) is 6.10 Å². The summed E-state index contributed by atoms with van der Waals surface area (Å²) in [5.41, 5.74) is 0. The van der Waals surface area contributed by atoms with Gasteiger partial charge in [0.05, 0.1) is 6.61 Å². The monoisotopic (exact) mass is 146 g/mol. The summed E-state index contributed by atoms with van der Waals surface area (Å²) in [4.78, 5) is 10.7. The molecule has 0 spiro atoms. The van der Waals surface area contributed by atoms with Crippen LogP contribution >= 0.6 is 0 Å². The lowest BCUT2D eigenvalue weighted by Gasteiger charge is -2.06. The predicted molar refractivity (Wildman–Crippen MR) is 37.5 cm³/mol. The van der Waals surface area contributed by atoms with E-state index in [2.05, 4.69) is 4.74 Å². The molecular formula is C7H14O3. The Labute approximate surface area is 61.0 Å². The number of esters is 1. The van der Waals surface area contributed by atoms with Crippen molar-refractivity contribution in [1.29, 1.82) is 0 Å². The first-order valence-corrected chi connectivity index (χ1v) is 3.57. The lowest BCUT2D eigenvalue weighted by Crippen LogP contribution is -2.22. The van der Waals surface area contributed by atoms with E-state index in [1.165, 1.54) is 0 Å². The lowest BCUT2D eigenvalue weighted by molar-refractivity contribution is -0.153. The number of aliphatic hydroxyl groups excluding tert-OH is 1. The Bertz CT molecular complexity index is 101. The highest BCUT2D eigenvalue weighted by molar-refractivity contribution is 5.74. The predicted octanol–water partition coefficient (Wildman–Crippen LogP) is 0.711. The summed E-state index contributed by atoms with van der Waals surface area (Å²) >= 11 is 0. The normalized spacial score (nSPS) is 12.7. The van der Waals surface area contributed by atoms with Crippen LogP contribution in [-0.4, -0.2) is 23.8 Å². The molecule has 1 atom stereocenters. The molecule has 0 aromatic heterocycles. The summed E-state index contributed by atoms with van der Waals surface area (Å²) in [6.45, 7) is 4.04. The average Bonchev–Trinajstić information content (AvgIpc) is 1.98. The van der Waals surface area contributed by atoms with Gasteiger partial charge in [0.2, 0.25) is 0 Å². The van der Waals surface area contributed by atoms with Gasteiger partial charge in [-0.05, 0) is 12.8 Å². The second-order valence-electron chi connectivity index (χ2n) is 2.09. The van der Waals surface area contributed by atoms with Crippen molar-refractivity contribution >= 4 is 5.97 Å². The Kier molecular flexibility index (Phi) is 4.94. The number of carbonyl (C=O) groups excluding carboxylic acids is 1. The molecule has 0 rings (SSSR count). The van der Waals surface area contributed by atoms with E-state index in [0.717, 1.165) is 6.42 Å². The van der Waals surface area contributed by atoms with E-state index < -0.39 is 12.1 Å². The lowest BCUT2D eigenvalue weighted by atomic mass is 10.3. The fourth-order valence-corrected chi connectivity index (χ4v) is 0.466. The molecule has 1 N–H and O–H groups in total. The molecule has 0 fully saturated rings. The summed E-state index contributed by atoms with van der Waals surface area (Å²) < 4.78 is 4.65.